The van der Waals surface area contributed by atoms with Crippen LogP contribution in [0.2, 0.25) is 0 Å². The van der Waals surface area contributed by atoms with Gasteiger partial charge in [-0.3, -0.25) is 14.7 Å². The molecule has 23 heavy (non-hydrogen) atoms. The van der Waals surface area contributed by atoms with Crippen molar-refractivity contribution in [3.8, 4) is 0 Å². The fourth-order valence-corrected chi connectivity index (χ4v) is 4.50. The van der Waals surface area contributed by atoms with Gasteiger partial charge in [0.15, 0.2) is 0 Å². The summed E-state index contributed by atoms with van der Waals surface area (Å²) in [6, 6.07) is 5.81. The molecule has 0 radical (unpaired) electrons. The van der Waals surface area contributed by atoms with E-state index in [1.165, 1.54) is 17.0 Å². The predicted molar refractivity (Wildman–Crippen MR) is 85.5 cm³/mol. The molecule has 3 heterocycles. The van der Waals surface area contributed by atoms with Crippen LogP contribution < -0.4 is 5.32 Å². The second-order valence-corrected chi connectivity index (χ2v) is 6.95. The number of fused-ring (bicyclic) bond motifs is 1. The first-order chi connectivity index (χ1) is 11.1. The number of benzene rings is 1. The summed E-state index contributed by atoms with van der Waals surface area (Å²) in [4.78, 5) is 30.4. The zero-order chi connectivity index (χ0) is 16.0. The number of amides is 3. The van der Waals surface area contributed by atoms with Gasteiger partial charge in [-0.05, 0) is 30.4 Å². The number of urea groups is 1. The fraction of sp³-hybridized carbons (Fsp3) is 0.312. The molecule has 1 N–H and O–H groups in total. The first kappa shape index (κ1) is 14.4. The van der Waals surface area contributed by atoms with Crippen molar-refractivity contribution in [3.63, 3.8) is 0 Å². The van der Waals surface area contributed by atoms with Crippen molar-refractivity contribution in [2.24, 2.45) is 0 Å². The van der Waals surface area contributed by atoms with Gasteiger partial charge in [0.25, 0.3) is 5.91 Å². The van der Waals surface area contributed by atoms with Gasteiger partial charge in [-0.1, -0.05) is 6.07 Å². The number of carbonyl (C=O) groups is 2. The van der Waals surface area contributed by atoms with Crippen LogP contribution in [0.4, 0.5) is 9.18 Å². The fourth-order valence-electron chi connectivity index (χ4n) is 3.17. The number of nitrogens with one attached hydrogen (secondary N) is 1. The first-order valence-electron chi connectivity index (χ1n) is 7.34. The van der Waals surface area contributed by atoms with Crippen molar-refractivity contribution >= 4 is 34.6 Å². The molecule has 2 aromatic rings. The van der Waals surface area contributed by atoms with Crippen LogP contribution in [0.25, 0.3) is 10.9 Å². The van der Waals surface area contributed by atoms with Crippen LogP contribution >= 0.6 is 11.8 Å². The van der Waals surface area contributed by atoms with Gasteiger partial charge in [-0.25, -0.2) is 9.18 Å². The number of imide groups is 1. The third-order valence-electron chi connectivity index (χ3n) is 4.34. The highest BCUT2D eigenvalue weighted by Gasteiger charge is 2.52. The number of rotatable bonds is 2. The lowest BCUT2D eigenvalue weighted by Gasteiger charge is -2.19. The minimum absolute atomic E-state index is 0.0301. The average Bonchev–Trinajstić information content (AvgIpc) is 3.08. The second-order valence-electron chi connectivity index (χ2n) is 5.85. The maximum absolute atomic E-state index is 13.8. The van der Waals surface area contributed by atoms with Gasteiger partial charge in [-0.2, -0.15) is 11.8 Å². The molecule has 1 atom stereocenters. The normalized spacial score (nSPS) is 24.0. The molecular formula is C16H14FN3O2S. The topological polar surface area (TPSA) is 62.3 Å². The average molecular weight is 331 g/mol. The SMILES string of the molecule is O=C1NC2(CCSC2)C(=O)N1Cc1cc(F)cc2cccnc12. The number of thioether (sulfide) groups is 1. The van der Waals surface area contributed by atoms with Gasteiger partial charge >= 0.3 is 6.03 Å². The van der Waals surface area contributed by atoms with E-state index in [4.69, 9.17) is 0 Å². The molecule has 3 amide bonds. The molecule has 7 heteroatoms. The van der Waals surface area contributed by atoms with Crippen molar-refractivity contribution in [2.45, 2.75) is 18.5 Å². The van der Waals surface area contributed by atoms with Crippen molar-refractivity contribution in [1.29, 1.82) is 0 Å². The molecule has 2 aliphatic rings. The van der Waals surface area contributed by atoms with Crippen LogP contribution in [0.5, 0.6) is 0 Å². The quantitative estimate of drug-likeness (QED) is 0.858. The third-order valence-corrected chi connectivity index (χ3v) is 5.53. The van der Waals surface area contributed by atoms with E-state index in [9.17, 15) is 14.0 Å². The summed E-state index contributed by atoms with van der Waals surface area (Å²) in [7, 11) is 0. The molecule has 5 nitrogen and oxygen atoms in total. The highest BCUT2D eigenvalue weighted by Crippen LogP contribution is 2.34. The third kappa shape index (κ3) is 2.26. The Bertz CT molecular complexity index is 820. The zero-order valence-corrected chi connectivity index (χ0v) is 13.0. The van der Waals surface area contributed by atoms with Gasteiger partial charge in [0.2, 0.25) is 0 Å². The molecule has 4 rings (SSSR count). The van der Waals surface area contributed by atoms with Crippen LogP contribution in [0.15, 0.2) is 30.5 Å². The Hall–Kier alpha value is -2.15. The van der Waals surface area contributed by atoms with E-state index in [0.717, 1.165) is 5.75 Å². The van der Waals surface area contributed by atoms with Crippen LogP contribution in [0.1, 0.15) is 12.0 Å². The maximum atomic E-state index is 13.8. The summed E-state index contributed by atoms with van der Waals surface area (Å²) in [5, 5.41) is 3.47. The lowest BCUT2D eigenvalue weighted by molar-refractivity contribution is -0.130. The minimum atomic E-state index is -0.779. The van der Waals surface area contributed by atoms with Crippen molar-refractivity contribution in [3.05, 3.63) is 41.8 Å². The van der Waals surface area contributed by atoms with E-state index in [2.05, 4.69) is 10.3 Å². The number of carbonyl (C=O) groups excluding carboxylic acids is 2. The number of pyridine rings is 1. The number of nitrogens with zero attached hydrogens (tertiary/aromatic N) is 2. The highest BCUT2D eigenvalue weighted by molar-refractivity contribution is 7.99. The molecule has 0 aliphatic carbocycles. The Morgan fingerprint density at radius 2 is 2.26 bits per heavy atom. The summed E-state index contributed by atoms with van der Waals surface area (Å²) >= 11 is 1.65. The van der Waals surface area contributed by atoms with Gasteiger partial charge in [0, 0.05) is 22.9 Å². The second kappa shape index (κ2) is 5.19. The van der Waals surface area contributed by atoms with Crippen molar-refractivity contribution in [2.75, 3.05) is 11.5 Å². The maximum Gasteiger partial charge on any atom is 0.325 e. The summed E-state index contributed by atoms with van der Waals surface area (Å²) in [6.45, 7) is 0.0301. The van der Waals surface area contributed by atoms with Gasteiger partial charge < -0.3 is 5.32 Å². The molecule has 2 fully saturated rings. The lowest BCUT2D eigenvalue weighted by atomic mass is 9.99. The Morgan fingerprint density at radius 1 is 1.39 bits per heavy atom. The van der Waals surface area contributed by atoms with Crippen molar-refractivity contribution in [1.82, 2.24) is 15.2 Å². The molecule has 0 saturated carbocycles. The molecule has 1 aromatic heterocycles. The molecule has 2 saturated heterocycles. The standard InChI is InChI=1S/C16H14FN3O2S/c17-12-6-10-2-1-4-18-13(10)11(7-12)8-20-14(21)16(19-15(20)22)3-5-23-9-16/h1-2,4,6-7H,3,5,8-9H2,(H,19,22). The molecule has 2 aliphatic heterocycles. The molecular weight excluding hydrogens is 317 g/mol. The zero-order valence-electron chi connectivity index (χ0n) is 12.2. The van der Waals surface area contributed by atoms with E-state index >= 15 is 0 Å². The molecule has 0 bridgehead atoms. The van der Waals surface area contributed by atoms with E-state index in [0.29, 0.717) is 28.6 Å². The molecule has 1 unspecified atom stereocenters. The van der Waals surface area contributed by atoms with Gasteiger partial charge in [0.05, 0.1) is 12.1 Å². The summed E-state index contributed by atoms with van der Waals surface area (Å²) in [6.07, 6.45) is 2.26. The van der Waals surface area contributed by atoms with Crippen LogP contribution in [-0.4, -0.2) is 38.9 Å². The lowest BCUT2D eigenvalue weighted by Crippen LogP contribution is -2.46. The largest absolute Gasteiger partial charge is 0.325 e. The Morgan fingerprint density at radius 3 is 3.04 bits per heavy atom. The molecule has 1 aromatic carbocycles. The minimum Gasteiger partial charge on any atom is -0.322 e. The van der Waals surface area contributed by atoms with E-state index in [1.54, 1.807) is 30.1 Å². The number of hydrogen-bond donors (Lipinski definition) is 1. The Balaban J connectivity index is 1.71. The number of hydrogen-bond acceptors (Lipinski definition) is 4. The Kier molecular flexibility index (Phi) is 3.26. The van der Waals surface area contributed by atoms with Crippen LogP contribution in [0.3, 0.4) is 0 Å². The Labute approximate surface area is 136 Å². The first-order valence-corrected chi connectivity index (χ1v) is 8.50. The van der Waals surface area contributed by atoms with Gasteiger partial charge in [-0.15, -0.1) is 0 Å². The summed E-state index contributed by atoms with van der Waals surface area (Å²) in [5.74, 6) is 0.820. The predicted octanol–water partition coefficient (Wildman–Crippen LogP) is 2.30. The van der Waals surface area contributed by atoms with E-state index in [1.807, 2.05) is 0 Å². The van der Waals surface area contributed by atoms with Crippen LogP contribution in [0, 0.1) is 5.82 Å². The summed E-state index contributed by atoms with van der Waals surface area (Å²) in [5.41, 5.74) is 0.362. The van der Waals surface area contributed by atoms with Crippen molar-refractivity contribution < 1.29 is 14.0 Å². The van der Waals surface area contributed by atoms with Crippen LogP contribution in [-0.2, 0) is 11.3 Å². The smallest absolute Gasteiger partial charge is 0.322 e. The molecule has 1 spiro atoms. The van der Waals surface area contributed by atoms with E-state index < -0.39 is 17.4 Å². The number of aromatic nitrogens is 1. The van der Waals surface area contributed by atoms with Gasteiger partial charge in [0.1, 0.15) is 11.4 Å². The summed E-state index contributed by atoms with van der Waals surface area (Å²) < 4.78 is 13.8. The highest BCUT2D eigenvalue weighted by atomic mass is 32.2. The molecule has 118 valence electrons. The van der Waals surface area contributed by atoms with E-state index in [-0.39, 0.29) is 12.5 Å². The number of halogens is 1. The monoisotopic (exact) mass is 331 g/mol.